The number of carbonyl (C=O) groups is 1. The van der Waals surface area contributed by atoms with Crippen LogP contribution in [0.4, 0.5) is 5.69 Å². The van der Waals surface area contributed by atoms with Crippen molar-refractivity contribution in [2.45, 2.75) is 20.3 Å². The standard InChI is InChI=1S/C18H19ClN2O3/c1-11-4-6-15(10-16(11)19)21-20-12(2)13-5-7-17(24-3)14(8-13)9-18(22)23/h4-8,10,21H,9H2,1-3H3,(H,22,23)/p-1/b20-12-. The predicted octanol–water partition coefficient (Wildman–Crippen LogP) is 2.79. The lowest BCUT2D eigenvalue weighted by atomic mass is 10.0. The van der Waals surface area contributed by atoms with Crippen molar-refractivity contribution in [2.75, 3.05) is 12.5 Å². The zero-order chi connectivity index (χ0) is 17.7. The fraction of sp³-hybridized carbons (Fsp3) is 0.222. The maximum Gasteiger partial charge on any atom is 0.122 e. The highest BCUT2D eigenvalue weighted by Gasteiger charge is 2.07. The van der Waals surface area contributed by atoms with Gasteiger partial charge in [-0.1, -0.05) is 17.7 Å². The lowest BCUT2D eigenvalue weighted by Crippen LogP contribution is -2.24. The average Bonchev–Trinajstić information content (AvgIpc) is 2.55. The number of rotatable bonds is 6. The number of hydrogen-bond acceptors (Lipinski definition) is 5. The number of carboxylic acids is 1. The molecule has 0 radical (unpaired) electrons. The van der Waals surface area contributed by atoms with Gasteiger partial charge in [0.25, 0.3) is 0 Å². The highest BCUT2D eigenvalue weighted by molar-refractivity contribution is 6.31. The van der Waals surface area contributed by atoms with Gasteiger partial charge in [0, 0.05) is 23.0 Å². The Hall–Kier alpha value is -2.53. The van der Waals surface area contributed by atoms with Crippen LogP contribution in [0.1, 0.15) is 23.6 Å². The number of hydrogen-bond donors (Lipinski definition) is 1. The number of aryl methyl sites for hydroxylation is 1. The first-order valence-electron chi connectivity index (χ1n) is 7.34. The maximum absolute atomic E-state index is 10.9. The van der Waals surface area contributed by atoms with E-state index in [1.165, 1.54) is 7.11 Å². The zero-order valence-corrected chi connectivity index (χ0v) is 14.5. The van der Waals surface area contributed by atoms with E-state index in [1.807, 2.05) is 32.0 Å². The number of nitrogens with zero attached hydrogens (tertiary/aromatic N) is 1. The van der Waals surface area contributed by atoms with Crippen molar-refractivity contribution in [1.82, 2.24) is 0 Å². The van der Waals surface area contributed by atoms with Gasteiger partial charge in [-0.05, 0) is 55.3 Å². The summed E-state index contributed by atoms with van der Waals surface area (Å²) < 4.78 is 5.17. The second kappa shape index (κ2) is 7.84. The van der Waals surface area contributed by atoms with E-state index in [9.17, 15) is 9.90 Å². The van der Waals surface area contributed by atoms with Crippen LogP contribution in [0.5, 0.6) is 5.75 Å². The molecule has 0 aliphatic heterocycles. The molecular formula is C18H18ClN2O3-. The molecular weight excluding hydrogens is 328 g/mol. The molecule has 0 aliphatic rings. The lowest BCUT2D eigenvalue weighted by Gasteiger charge is -2.11. The van der Waals surface area contributed by atoms with Gasteiger partial charge < -0.3 is 14.6 Å². The van der Waals surface area contributed by atoms with Gasteiger partial charge in [-0.2, -0.15) is 5.10 Å². The highest BCUT2D eigenvalue weighted by Crippen LogP contribution is 2.22. The molecule has 2 aromatic carbocycles. The molecule has 0 fully saturated rings. The van der Waals surface area contributed by atoms with Crippen molar-refractivity contribution in [1.29, 1.82) is 0 Å². The number of carboxylic acid groups (broad SMARTS) is 1. The third kappa shape index (κ3) is 4.49. The summed E-state index contributed by atoms with van der Waals surface area (Å²) >= 11 is 6.08. The number of nitrogens with one attached hydrogen (secondary N) is 1. The van der Waals surface area contributed by atoms with Gasteiger partial charge in [0.2, 0.25) is 0 Å². The number of halogens is 1. The third-order valence-corrected chi connectivity index (χ3v) is 3.96. The van der Waals surface area contributed by atoms with E-state index in [2.05, 4.69) is 10.5 Å². The molecule has 0 saturated carbocycles. The molecule has 0 aromatic heterocycles. The summed E-state index contributed by atoms with van der Waals surface area (Å²) in [5, 5.41) is 15.8. The van der Waals surface area contributed by atoms with Gasteiger partial charge in [-0.15, -0.1) is 0 Å². The molecule has 5 nitrogen and oxygen atoms in total. The Balaban J connectivity index is 2.22. The first-order chi connectivity index (χ1) is 11.4. The Morgan fingerprint density at radius 3 is 2.67 bits per heavy atom. The van der Waals surface area contributed by atoms with E-state index < -0.39 is 5.97 Å². The van der Waals surface area contributed by atoms with Crippen molar-refractivity contribution < 1.29 is 14.6 Å². The van der Waals surface area contributed by atoms with Crippen molar-refractivity contribution in [3.05, 3.63) is 58.1 Å². The molecule has 0 atom stereocenters. The molecule has 0 aliphatic carbocycles. The quantitative estimate of drug-likeness (QED) is 0.645. The number of benzene rings is 2. The van der Waals surface area contributed by atoms with Gasteiger partial charge in [-0.3, -0.25) is 5.43 Å². The van der Waals surface area contributed by atoms with Crippen LogP contribution in [0.2, 0.25) is 5.02 Å². The number of methoxy groups -OCH3 is 1. The fourth-order valence-electron chi connectivity index (χ4n) is 2.17. The predicted molar refractivity (Wildman–Crippen MR) is 93.7 cm³/mol. The number of hydrazone groups is 1. The Kier molecular flexibility index (Phi) is 5.82. The molecule has 24 heavy (non-hydrogen) atoms. The summed E-state index contributed by atoms with van der Waals surface area (Å²) in [6, 6.07) is 10.9. The fourth-order valence-corrected chi connectivity index (χ4v) is 2.35. The second-order valence-electron chi connectivity index (χ2n) is 5.35. The van der Waals surface area contributed by atoms with Gasteiger partial charge in [0.05, 0.1) is 18.5 Å². The lowest BCUT2D eigenvalue weighted by molar-refractivity contribution is -0.304. The third-order valence-electron chi connectivity index (χ3n) is 3.56. The van der Waals surface area contributed by atoms with E-state index in [1.54, 1.807) is 18.2 Å². The first-order valence-corrected chi connectivity index (χ1v) is 7.72. The molecule has 0 bridgehead atoms. The second-order valence-corrected chi connectivity index (χ2v) is 5.76. The Morgan fingerprint density at radius 1 is 1.29 bits per heavy atom. The minimum Gasteiger partial charge on any atom is -0.550 e. The molecule has 0 saturated heterocycles. The van der Waals surface area contributed by atoms with Crippen LogP contribution in [-0.4, -0.2) is 18.8 Å². The molecule has 0 amide bonds. The Bertz CT molecular complexity index is 788. The minimum atomic E-state index is -1.16. The molecule has 1 N–H and O–H groups in total. The zero-order valence-electron chi connectivity index (χ0n) is 13.7. The summed E-state index contributed by atoms with van der Waals surface area (Å²) in [5.41, 5.74) is 6.74. The van der Waals surface area contributed by atoms with Crippen LogP contribution in [0.3, 0.4) is 0 Å². The molecule has 0 heterocycles. The average molecular weight is 346 g/mol. The van der Waals surface area contributed by atoms with Crippen LogP contribution in [0.15, 0.2) is 41.5 Å². The van der Waals surface area contributed by atoms with Gasteiger partial charge in [0.15, 0.2) is 0 Å². The van der Waals surface area contributed by atoms with E-state index in [0.29, 0.717) is 22.0 Å². The summed E-state index contributed by atoms with van der Waals surface area (Å²) in [5.74, 6) is -0.651. The summed E-state index contributed by atoms with van der Waals surface area (Å²) in [6.45, 7) is 3.75. The van der Waals surface area contributed by atoms with Crippen molar-refractivity contribution in [2.24, 2.45) is 5.10 Å². The van der Waals surface area contributed by atoms with E-state index in [-0.39, 0.29) is 6.42 Å². The van der Waals surface area contributed by atoms with Crippen LogP contribution in [-0.2, 0) is 11.2 Å². The minimum absolute atomic E-state index is 0.217. The van der Waals surface area contributed by atoms with Crippen LogP contribution in [0, 0.1) is 6.92 Å². The molecule has 2 aromatic rings. The summed E-state index contributed by atoms with van der Waals surface area (Å²) in [6.07, 6.45) is -0.217. The van der Waals surface area contributed by atoms with Crippen LogP contribution in [0.25, 0.3) is 0 Å². The van der Waals surface area contributed by atoms with Gasteiger partial charge in [-0.25, -0.2) is 0 Å². The van der Waals surface area contributed by atoms with E-state index in [0.717, 1.165) is 16.8 Å². The molecule has 6 heteroatoms. The van der Waals surface area contributed by atoms with Gasteiger partial charge >= 0.3 is 0 Å². The van der Waals surface area contributed by atoms with E-state index >= 15 is 0 Å². The molecule has 0 unspecified atom stereocenters. The van der Waals surface area contributed by atoms with Crippen molar-refractivity contribution in [3.8, 4) is 5.75 Å². The number of anilines is 1. The van der Waals surface area contributed by atoms with E-state index in [4.69, 9.17) is 16.3 Å². The van der Waals surface area contributed by atoms with Crippen molar-refractivity contribution >= 4 is 29.0 Å². The van der Waals surface area contributed by atoms with Crippen LogP contribution >= 0.6 is 11.6 Å². The largest absolute Gasteiger partial charge is 0.550 e. The maximum atomic E-state index is 10.9. The van der Waals surface area contributed by atoms with Gasteiger partial charge in [0.1, 0.15) is 5.75 Å². The number of aliphatic carboxylic acids is 1. The Morgan fingerprint density at radius 2 is 2.04 bits per heavy atom. The number of carbonyl (C=O) groups excluding carboxylic acids is 1. The first kappa shape index (κ1) is 17.8. The van der Waals surface area contributed by atoms with Crippen molar-refractivity contribution in [3.63, 3.8) is 0 Å². The Labute approximate surface area is 145 Å². The molecule has 126 valence electrons. The highest BCUT2D eigenvalue weighted by atomic mass is 35.5. The monoisotopic (exact) mass is 345 g/mol. The number of ether oxygens (including phenoxy) is 1. The SMILES string of the molecule is COc1ccc(/C(C)=N\Nc2ccc(C)c(Cl)c2)cc1CC(=O)[O-]. The normalized spacial score (nSPS) is 11.2. The summed E-state index contributed by atoms with van der Waals surface area (Å²) in [7, 11) is 1.50. The topological polar surface area (TPSA) is 73.8 Å². The molecule has 2 rings (SSSR count). The smallest absolute Gasteiger partial charge is 0.122 e. The summed E-state index contributed by atoms with van der Waals surface area (Å²) in [4.78, 5) is 10.9. The molecule has 0 spiro atoms. The van der Waals surface area contributed by atoms with Crippen LogP contribution < -0.4 is 15.3 Å².